The van der Waals surface area contributed by atoms with Gasteiger partial charge in [0.2, 0.25) is 0 Å². The van der Waals surface area contributed by atoms with Crippen molar-refractivity contribution in [1.82, 2.24) is 4.57 Å². The van der Waals surface area contributed by atoms with Crippen molar-refractivity contribution in [2.24, 2.45) is 7.05 Å². The molecule has 0 aliphatic heterocycles. The molecule has 0 amide bonds. The molecule has 0 radical (unpaired) electrons. The van der Waals surface area contributed by atoms with Gasteiger partial charge in [-0.05, 0) is 23.8 Å². The molecule has 0 spiro atoms. The van der Waals surface area contributed by atoms with E-state index < -0.39 is 5.41 Å². The number of hydrogen-bond acceptors (Lipinski definition) is 1. The van der Waals surface area contributed by atoms with E-state index >= 15 is 0 Å². The first kappa shape index (κ1) is 11.1. The van der Waals surface area contributed by atoms with Crippen LogP contribution in [0.4, 0.5) is 4.39 Å². The number of nitrogens with zero attached hydrogens (tertiary/aromatic N) is 1. The molecule has 16 heavy (non-hydrogen) atoms. The summed E-state index contributed by atoms with van der Waals surface area (Å²) in [7, 11) is 1.93. The first-order chi connectivity index (χ1) is 7.45. The molecule has 0 bridgehead atoms. The third-order valence-electron chi connectivity index (χ3n) is 3.10. The molecular weight excluding hydrogens is 205 g/mol. The maximum Gasteiger partial charge on any atom is 0.127 e. The van der Waals surface area contributed by atoms with Crippen molar-refractivity contribution in [2.45, 2.75) is 19.3 Å². The van der Waals surface area contributed by atoms with Gasteiger partial charge >= 0.3 is 0 Å². The van der Waals surface area contributed by atoms with E-state index in [-0.39, 0.29) is 12.4 Å². The van der Waals surface area contributed by atoms with E-state index in [1.807, 2.05) is 43.8 Å². The highest BCUT2D eigenvalue weighted by Crippen LogP contribution is 2.29. The van der Waals surface area contributed by atoms with E-state index in [1.54, 1.807) is 0 Å². The normalized spacial score (nSPS) is 12.3. The number of rotatable bonds is 2. The first-order valence-corrected chi connectivity index (χ1v) is 5.31. The zero-order valence-corrected chi connectivity index (χ0v) is 9.79. The van der Waals surface area contributed by atoms with E-state index in [1.165, 1.54) is 6.07 Å². The van der Waals surface area contributed by atoms with Crippen molar-refractivity contribution in [3.05, 3.63) is 35.8 Å². The van der Waals surface area contributed by atoms with E-state index in [4.69, 9.17) is 0 Å². The lowest BCUT2D eigenvalue weighted by Gasteiger charge is -2.23. The smallest absolute Gasteiger partial charge is 0.127 e. The maximum absolute atomic E-state index is 13.9. The van der Waals surface area contributed by atoms with Crippen LogP contribution in [-0.2, 0) is 12.5 Å². The van der Waals surface area contributed by atoms with Crippen molar-refractivity contribution in [1.29, 1.82) is 0 Å². The molecule has 0 aliphatic rings. The number of aryl methyl sites for hydroxylation is 1. The average molecular weight is 221 g/mol. The molecule has 2 rings (SSSR count). The number of halogens is 1. The Hall–Kier alpha value is -1.35. The zero-order valence-electron chi connectivity index (χ0n) is 9.79. The molecule has 1 aromatic heterocycles. The second-order valence-electron chi connectivity index (χ2n) is 4.86. The molecule has 1 N–H and O–H groups in total. The summed E-state index contributed by atoms with van der Waals surface area (Å²) in [5.74, 6) is -0.252. The summed E-state index contributed by atoms with van der Waals surface area (Å²) in [5, 5.41) is 10.2. The van der Waals surface area contributed by atoms with Crippen molar-refractivity contribution in [3.63, 3.8) is 0 Å². The predicted octanol–water partition coefficient (Wildman–Crippen LogP) is 2.59. The molecule has 0 fully saturated rings. The molecule has 0 saturated carbocycles. The summed E-state index contributed by atoms with van der Waals surface area (Å²) in [6.07, 6.45) is 1.90. The van der Waals surface area contributed by atoms with Gasteiger partial charge in [0.25, 0.3) is 0 Å². The quantitative estimate of drug-likeness (QED) is 0.828. The van der Waals surface area contributed by atoms with Gasteiger partial charge in [0, 0.05) is 29.6 Å². The maximum atomic E-state index is 13.9. The first-order valence-electron chi connectivity index (χ1n) is 5.31. The number of fused-ring (bicyclic) bond motifs is 1. The Bertz CT molecular complexity index is 528. The van der Waals surface area contributed by atoms with Crippen molar-refractivity contribution in [3.8, 4) is 0 Å². The summed E-state index contributed by atoms with van der Waals surface area (Å²) < 4.78 is 15.8. The van der Waals surface area contributed by atoms with Gasteiger partial charge in [-0.15, -0.1) is 0 Å². The Kier molecular flexibility index (Phi) is 2.50. The molecule has 86 valence electrons. The van der Waals surface area contributed by atoms with Gasteiger partial charge in [0.1, 0.15) is 5.82 Å². The van der Waals surface area contributed by atoms with Crippen LogP contribution in [0, 0.1) is 5.82 Å². The van der Waals surface area contributed by atoms with Crippen LogP contribution in [0.2, 0.25) is 0 Å². The van der Waals surface area contributed by atoms with Gasteiger partial charge in [-0.1, -0.05) is 13.8 Å². The van der Waals surface area contributed by atoms with Crippen LogP contribution >= 0.6 is 0 Å². The highest BCUT2D eigenvalue weighted by molar-refractivity contribution is 5.81. The lowest BCUT2D eigenvalue weighted by Crippen LogP contribution is -2.23. The van der Waals surface area contributed by atoms with Crippen molar-refractivity contribution in [2.75, 3.05) is 6.61 Å². The molecular formula is C13H16FNO. The van der Waals surface area contributed by atoms with E-state index in [0.717, 1.165) is 10.9 Å². The molecule has 2 aromatic rings. The van der Waals surface area contributed by atoms with Crippen LogP contribution in [0.25, 0.3) is 10.9 Å². The molecule has 0 saturated heterocycles. The van der Waals surface area contributed by atoms with Gasteiger partial charge < -0.3 is 9.67 Å². The van der Waals surface area contributed by atoms with Crippen LogP contribution in [0.15, 0.2) is 24.4 Å². The van der Waals surface area contributed by atoms with Gasteiger partial charge in [0.05, 0.1) is 6.61 Å². The third kappa shape index (κ3) is 1.61. The minimum Gasteiger partial charge on any atom is -0.395 e. The van der Waals surface area contributed by atoms with E-state index in [0.29, 0.717) is 5.56 Å². The molecule has 1 heterocycles. The Morgan fingerprint density at radius 3 is 2.69 bits per heavy atom. The van der Waals surface area contributed by atoms with Gasteiger partial charge in [-0.2, -0.15) is 0 Å². The standard InChI is InChI=1S/C13H16FNO/c1-13(2,8-16)10-7-12-9(6-11(10)14)4-5-15(12)3/h4-7,16H,8H2,1-3H3. The monoisotopic (exact) mass is 221 g/mol. The summed E-state index contributed by atoms with van der Waals surface area (Å²) in [4.78, 5) is 0. The van der Waals surface area contributed by atoms with Crippen LogP contribution in [0.3, 0.4) is 0 Å². The Labute approximate surface area is 94.3 Å². The molecule has 3 heteroatoms. The molecule has 2 nitrogen and oxygen atoms in total. The fraction of sp³-hybridized carbons (Fsp3) is 0.385. The third-order valence-corrected chi connectivity index (χ3v) is 3.10. The number of aromatic nitrogens is 1. The largest absolute Gasteiger partial charge is 0.395 e. The van der Waals surface area contributed by atoms with Crippen molar-refractivity contribution >= 4 is 10.9 Å². The summed E-state index contributed by atoms with van der Waals surface area (Å²) in [6.45, 7) is 3.60. The van der Waals surface area contributed by atoms with Crippen LogP contribution in [-0.4, -0.2) is 16.3 Å². The summed E-state index contributed by atoms with van der Waals surface area (Å²) in [6, 6.07) is 5.23. The molecule has 1 aromatic carbocycles. The topological polar surface area (TPSA) is 25.2 Å². The van der Waals surface area contributed by atoms with E-state index in [2.05, 4.69) is 0 Å². The second-order valence-corrected chi connectivity index (χ2v) is 4.86. The van der Waals surface area contributed by atoms with Crippen LogP contribution in [0.5, 0.6) is 0 Å². The predicted molar refractivity (Wildman–Crippen MR) is 63.0 cm³/mol. The molecule has 0 atom stereocenters. The van der Waals surface area contributed by atoms with Crippen molar-refractivity contribution < 1.29 is 9.50 Å². The summed E-state index contributed by atoms with van der Waals surface area (Å²) in [5.41, 5.74) is 0.991. The fourth-order valence-electron chi connectivity index (χ4n) is 1.89. The number of aliphatic hydroxyl groups is 1. The highest BCUT2D eigenvalue weighted by Gasteiger charge is 2.24. The van der Waals surface area contributed by atoms with Crippen LogP contribution < -0.4 is 0 Å². The minimum atomic E-state index is -0.553. The Morgan fingerprint density at radius 2 is 2.06 bits per heavy atom. The second kappa shape index (κ2) is 3.59. The SMILES string of the molecule is Cn1ccc2cc(F)c(C(C)(C)CO)cc21. The van der Waals surface area contributed by atoms with Gasteiger partial charge in [-0.25, -0.2) is 4.39 Å². The Balaban J connectivity index is 2.70. The minimum absolute atomic E-state index is 0.0696. The van der Waals surface area contributed by atoms with Gasteiger partial charge in [-0.3, -0.25) is 0 Å². The average Bonchev–Trinajstić information content (AvgIpc) is 2.58. The number of benzene rings is 1. The van der Waals surface area contributed by atoms with Gasteiger partial charge in [0.15, 0.2) is 0 Å². The lowest BCUT2D eigenvalue weighted by molar-refractivity contribution is 0.215. The Morgan fingerprint density at radius 1 is 1.38 bits per heavy atom. The number of aliphatic hydroxyl groups excluding tert-OH is 1. The highest BCUT2D eigenvalue weighted by atomic mass is 19.1. The molecule has 0 aliphatic carbocycles. The number of hydrogen-bond donors (Lipinski definition) is 1. The van der Waals surface area contributed by atoms with Crippen LogP contribution in [0.1, 0.15) is 19.4 Å². The summed E-state index contributed by atoms with van der Waals surface area (Å²) >= 11 is 0. The molecule has 0 unspecified atom stereocenters. The lowest BCUT2D eigenvalue weighted by atomic mass is 9.85. The zero-order chi connectivity index (χ0) is 11.9. The fourth-order valence-corrected chi connectivity index (χ4v) is 1.89. The van der Waals surface area contributed by atoms with E-state index in [9.17, 15) is 9.50 Å².